The third-order valence-corrected chi connectivity index (χ3v) is 4.70. The van der Waals surface area contributed by atoms with Gasteiger partial charge in [-0.05, 0) is 28.8 Å². The third-order valence-electron chi connectivity index (χ3n) is 4.31. The fraction of sp³-hybridized carbons (Fsp3) is 0.467. The van der Waals surface area contributed by atoms with Crippen LogP contribution in [0.1, 0.15) is 36.3 Å². The van der Waals surface area contributed by atoms with E-state index in [1.807, 2.05) is 32.6 Å². The highest BCUT2D eigenvalue weighted by molar-refractivity contribution is 9.10. The molecule has 0 saturated carbocycles. The molecule has 1 fully saturated rings. The van der Waals surface area contributed by atoms with Crippen molar-refractivity contribution >= 4 is 15.9 Å². The number of ether oxygens (including phenoxy) is 1. The maximum Gasteiger partial charge on any atom is 0.199 e. The van der Waals surface area contributed by atoms with Crippen molar-refractivity contribution in [2.45, 2.75) is 24.9 Å². The van der Waals surface area contributed by atoms with Crippen LogP contribution in [0.5, 0.6) is 0 Å². The predicted molar refractivity (Wildman–Crippen MR) is 90.2 cm³/mol. The van der Waals surface area contributed by atoms with Crippen LogP contribution in [0, 0.1) is 0 Å². The molecule has 4 rings (SSSR count). The van der Waals surface area contributed by atoms with Crippen LogP contribution in [0.15, 0.2) is 23.1 Å². The number of aromatic nitrogens is 7. The summed E-state index contributed by atoms with van der Waals surface area (Å²) in [6.45, 7) is 0.756. The van der Waals surface area contributed by atoms with Gasteiger partial charge in [0.25, 0.3) is 0 Å². The Labute approximate surface area is 147 Å². The second kappa shape index (κ2) is 6.14. The number of nitrogens with one attached hydrogen (secondary N) is 1. The fourth-order valence-corrected chi connectivity index (χ4v) is 3.63. The van der Waals surface area contributed by atoms with Crippen LogP contribution < -0.4 is 0 Å². The average molecular weight is 392 g/mol. The standard InChI is InChI=1S/C15H18BrN7O/c1-22-8-9(7-17-22)13-10(4-3-5-24-13)14-18-15(20-19-14)11-6-12(16)21-23(11)2/h6-8,10,13H,3-5H2,1-2H3,(H,18,19,20)/t10-,13+/m1/s1. The van der Waals surface area contributed by atoms with Crippen molar-refractivity contribution in [2.75, 3.05) is 6.61 Å². The Kier molecular flexibility index (Phi) is 3.97. The first-order valence-corrected chi connectivity index (χ1v) is 8.63. The van der Waals surface area contributed by atoms with Crippen LogP contribution in [0.25, 0.3) is 11.5 Å². The van der Waals surface area contributed by atoms with E-state index in [-0.39, 0.29) is 12.0 Å². The minimum absolute atomic E-state index is 0.0495. The highest BCUT2D eigenvalue weighted by atomic mass is 79.9. The zero-order valence-corrected chi connectivity index (χ0v) is 15.1. The summed E-state index contributed by atoms with van der Waals surface area (Å²) >= 11 is 3.38. The van der Waals surface area contributed by atoms with Crippen molar-refractivity contribution in [1.82, 2.24) is 34.7 Å². The van der Waals surface area contributed by atoms with E-state index in [1.165, 1.54) is 0 Å². The van der Waals surface area contributed by atoms with Gasteiger partial charge in [-0.25, -0.2) is 4.98 Å². The van der Waals surface area contributed by atoms with Crippen molar-refractivity contribution in [3.05, 3.63) is 34.5 Å². The smallest absolute Gasteiger partial charge is 0.199 e. The third kappa shape index (κ3) is 2.78. The van der Waals surface area contributed by atoms with E-state index in [4.69, 9.17) is 9.72 Å². The molecule has 1 saturated heterocycles. The Morgan fingerprint density at radius 2 is 2.25 bits per heavy atom. The maximum absolute atomic E-state index is 6.02. The number of aromatic amines is 1. The van der Waals surface area contributed by atoms with Gasteiger partial charge in [0.15, 0.2) is 5.82 Å². The van der Waals surface area contributed by atoms with Crippen LogP contribution in [-0.4, -0.2) is 41.3 Å². The number of hydrogen-bond acceptors (Lipinski definition) is 5. The topological polar surface area (TPSA) is 86.4 Å². The predicted octanol–water partition coefficient (Wildman–Crippen LogP) is 2.34. The molecule has 0 aliphatic carbocycles. The highest BCUT2D eigenvalue weighted by Crippen LogP contribution is 2.39. The molecule has 0 amide bonds. The molecule has 126 valence electrons. The van der Waals surface area contributed by atoms with Crippen molar-refractivity contribution in [2.24, 2.45) is 14.1 Å². The van der Waals surface area contributed by atoms with Gasteiger partial charge in [0.1, 0.15) is 16.1 Å². The van der Waals surface area contributed by atoms with Gasteiger partial charge in [-0.2, -0.15) is 15.3 Å². The van der Waals surface area contributed by atoms with Crippen molar-refractivity contribution in [3.63, 3.8) is 0 Å². The fourth-order valence-electron chi connectivity index (χ4n) is 3.17. The lowest BCUT2D eigenvalue weighted by Crippen LogP contribution is -2.21. The molecular weight excluding hydrogens is 374 g/mol. The quantitative estimate of drug-likeness (QED) is 0.740. The summed E-state index contributed by atoms with van der Waals surface area (Å²) in [6, 6.07) is 1.91. The highest BCUT2D eigenvalue weighted by Gasteiger charge is 2.32. The molecule has 1 aliphatic rings. The van der Waals surface area contributed by atoms with Gasteiger partial charge in [-0.1, -0.05) is 0 Å². The minimum atomic E-state index is -0.0495. The molecule has 0 aromatic carbocycles. The molecule has 8 nitrogen and oxygen atoms in total. The number of nitrogens with zero attached hydrogens (tertiary/aromatic N) is 6. The molecular formula is C15H18BrN7O. The van der Waals surface area contributed by atoms with Gasteiger partial charge in [0.2, 0.25) is 0 Å². The Hall–Kier alpha value is -2.00. The van der Waals surface area contributed by atoms with Gasteiger partial charge < -0.3 is 4.74 Å². The lowest BCUT2D eigenvalue weighted by atomic mass is 9.90. The number of rotatable bonds is 3. The molecule has 4 heterocycles. The van der Waals surface area contributed by atoms with Crippen molar-refractivity contribution in [1.29, 1.82) is 0 Å². The van der Waals surface area contributed by atoms with E-state index in [9.17, 15) is 0 Å². The SMILES string of the molecule is Cn1cc([C@@H]2OCCC[C@H]2c2nc(-c3cc(Br)nn3C)n[nH]2)cn1. The van der Waals surface area contributed by atoms with Crippen LogP contribution in [-0.2, 0) is 18.8 Å². The first kappa shape index (κ1) is 15.5. The molecule has 2 atom stereocenters. The van der Waals surface area contributed by atoms with Crippen molar-refractivity contribution < 1.29 is 4.74 Å². The Bertz CT molecular complexity index is 852. The summed E-state index contributed by atoms with van der Waals surface area (Å²) < 4.78 is 10.3. The summed E-state index contributed by atoms with van der Waals surface area (Å²) in [4.78, 5) is 4.71. The van der Waals surface area contributed by atoms with E-state index >= 15 is 0 Å². The molecule has 0 bridgehead atoms. The van der Waals surface area contributed by atoms with Gasteiger partial charge in [0, 0.05) is 44.4 Å². The van der Waals surface area contributed by atoms with E-state index in [0.29, 0.717) is 5.82 Å². The first-order chi connectivity index (χ1) is 11.6. The lowest BCUT2D eigenvalue weighted by Gasteiger charge is -2.29. The molecule has 0 unspecified atom stereocenters. The molecule has 0 spiro atoms. The van der Waals surface area contributed by atoms with Crippen LogP contribution in [0.2, 0.25) is 0 Å². The molecule has 9 heteroatoms. The first-order valence-electron chi connectivity index (χ1n) is 7.84. The number of H-pyrrole nitrogens is 1. The van der Waals surface area contributed by atoms with Gasteiger partial charge in [-0.3, -0.25) is 14.5 Å². The van der Waals surface area contributed by atoms with E-state index in [0.717, 1.165) is 41.1 Å². The van der Waals surface area contributed by atoms with E-state index in [1.54, 1.807) is 9.36 Å². The summed E-state index contributed by atoms with van der Waals surface area (Å²) in [7, 11) is 3.78. The number of aryl methyl sites for hydroxylation is 2. The second-order valence-corrected chi connectivity index (χ2v) is 6.82. The minimum Gasteiger partial charge on any atom is -0.373 e. The van der Waals surface area contributed by atoms with Gasteiger partial charge in [-0.15, -0.1) is 0 Å². The molecule has 1 aliphatic heterocycles. The Balaban J connectivity index is 1.65. The second-order valence-electron chi connectivity index (χ2n) is 6.01. The molecule has 3 aromatic heterocycles. The molecule has 24 heavy (non-hydrogen) atoms. The lowest BCUT2D eigenvalue weighted by molar-refractivity contribution is -0.00440. The summed E-state index contributed by atoms with van der Waals surface area (Å²) in [5.41, 5.74) is 1.93. The van der Waals surface area contributed by atoms with E-state index in [2.05, 4.69) is 36.3 Å². The largest absolute Gasteiger partial charge is 0.373 e. The Morgan fingerprint density at radius 1 is 1.38 bits per heavy atom. The van der Waals surface area contributed by atoms with Crippen LogP contribution in [0.3, 0.4) is 0 Å². The van der Waals surface area contributed by atoms with E-state index < -0.39 is 0 Å². The average Bonchev–Trinajstić information content (AvgIpc) is 3.27. The summed E-state index contributed by atoms with van der Waals surface area (Å²) in [5.74, 6) is 1.62. The molecule has 0 radical (unpaired) electrons. The van der Waals surface area contributed by atoms with Gasteiger partial charge in [0.05, 0.1) is 12.3 Å². The number of hydrogen-bond donors (Lipinski definition) is 1. The maximum atomic E-state index is 6.02. The van der Waals surface area contributed by atoms with Crippen LogP contribution >= 0.6 is 15.9 Å². The molecule has 1 N–H and O–H groups in total. The molecule has 3 aromatic rings. The van der Waals surface area contributed by atoms with Crippen molar-refractivity contribution in [3.8, 4) is 11.5 Å². The van der Waals surface area contributed by atoms with Gasteiger partial charge >= 0.3 is 0 Å². The summed E-state index contributed by atoms with van der Waals surface area (Å²) in [6.07, 6.45) is 5.82. The Morgan fingerprint density at radius 3 is 2.96 bits per heavy atom. The zero-order chi connectivity index (χ0) is 16.7. The normalized spacial score (nSPS) is 21.3. The zero-order valence-electron chi connectivity index (χ0n) is 13.5. The number of halogens is 1. The van der Waals surface area contributed by atoms with Crippen LogP contribution in [0.4, 0.5) is 0 Å². The monoisotopic (exact) mass is 391 g/mol. The summed E-state index contributed by atoms with van der Waals surface area (Å²) in [5, 5.41) is 16.0.